The lowest BCUT2D eigenvalue weighted by molar-refractivity contribution is -0.137. The normalized spacial score (nSPS) is 14.0. The molecule has 0 aromatic heterocycles. The molecule has 1 heterocycles. The number of nitrogens with one attached hydrogen (secondary N) is 2. The molecule has 0 fully saturated rings. The summed E-state index contributed by atoms with van der Waals surface area (Å²) < 4.78 is 64.4. The van der Waals surface area contributed by atoms with E-state index in [1.54, 1.807) is 0 Å². The average Bonchev–Trinajstić information content (AvgIpc) is 3.00. The first-order chi connectivity index (χ1) is 11.3. The highest BCUT2D eigenvalue weighted by Crippen LogP contribution is 2.29. The lowest BCUT2D eigenvalue weighted by Crippen LogP contribution is -2.23. The molecular weight excluding hydrogens is 377 g/mol. The van der Waals surface area contributed by atoms with Crippen LogP contribution in [0.4, 0.5) is 13.2 Å². The van der Waals surface area contributed by atoms with E-state index in [1.165, 1.54) is 5.56 Å². The molecule has 2 N–H and O–H groups in total. The summed E-state index contributed by atoms with van der Waals surface area (Å²) in [5.74, 6) is 0. The zero-order chi connectivity index (χ0) is 17.4. The molecular formula is C16H16ClF3N2O2S. The Labute approximate surface area is 149 Å². The lowest BCUT2D eigenvalue weighted by atomic mass is 10.1. The zero-order valence-corrected chi connectivity index (χ0v) is 14.6. The van der Waals surface area contributed by atoms with Gasteiger partial charge in [0.2, 0.25) is 10.0 Å². The Morgan fingerprint density at radius 1 is 1.00 bits per heavy atom. The van der Waals surface area contributed by atoms with Gasteiger partial charge in [-0.2, -0.15) is 13.2 Å². The van der Waals surface area contributed by atoms with E-state index < -0.39 is 21.8 Å². The molecule has 1 aliphatic heterocycles. The van der Waals surface area contributed by atoms with Gasteiger partial charge in [-0.25, -0.2) is 13.1 Å². The fourth-order valence-corrected chi connectivity index (χ4v) is 3.56. The van der Waals surface area contributed by atoms with Gasteiger partial charge in [0.1, 0.15) is 0 Å². The van der Waals surface area contributed by atoms with E-state index in [4.69, 9.17) is 0 Å². The molecule has 0 bridgehead atoms. The molecule has 0 radical (unpaired) electrons. The van der Waals surface area contributed by atoms with E-state index in [0.717, 1.165) is 48.5 Å². The van der Waals surface area contributed by atoms with E-state index in [2.05, 4.69) is 10.0 Å². The van der Waals surface area contributed by atoms with Crippen molar-refractivity contribution in [1.82, 2.24) is 10.0 Å². The minimum Gasteiger partial charge on any atom is -0.309 e. The summed E-state index contributed by atoms with van der Waals surface area (Å²) in [5, 5.41) is 3.20. The molecule has 0 amide bonds. The summed E-state index contributed by atoms with van der Waals surface area (Å²) in [6.07, 6.45) is -4.49. The third-order valence-electron chi connectivity index (χ3n) is 3.86. The maximum Gasteiger partial charge on any atom is 0.416 e. The van der Waals surface area contributed by atoms with E-state index in [9.17, 15) is 21.6 Å². The van der Waals surface area contributed by atoms with Crippen LogP contribution in [0.5, 0.6) is 0 Å². The van der Waals surface area contributed by atoms with Gasteiger partial charge in [-0.3, -0.25) is 0 Å². The molecule has 9 heteroatoms. The van der Waals surface area contributed by atoms with Crippen LogP contribution in [0.1, 0.15) is 22.3 Å². The quantitative estimate of drug-likeness (QED) is 0.840. The minimum atomic E-state index is -4.49. The van der Waals surface area contributed by atoms with Crippen molar-refractivity contribution >= 4 is 22.4 Å². The van der Waals surface area contributed by atoms with Crippen molar-refractivity contribution in [2.24, 2.45) is 0 Å². The third kappa shape index (κ3) is 4.52. The number of halogens is 4. The smallest absolute Gasteiger partial charge is 0.309 e. The molecule has 2 aromatic carbocycles. The van der Waals surface area contributed by atoms with Crippen LogP contribution in [0, 0.1) is 0 Å². The minimum absolute atomic E-state index is 0. The Hall–Kier alpha value is -1.61. The molecule has 0 atom stereocenters. The first-order valence-electron chi connectivity index (χ1n) is 7.24. The Bertz CT molecular complexity index is 853. The van der Waals surface area contributed by atoms with Crippen LogP contribution in [-0.2, 0) is 35.8 Å². The second kappa shape index (κ2) is 7.33. The van der Waals surface area contributed by atoms with Gasteiger partial charge in [0, 0.05) is 19.6 Å². The monoisotopic (exact) mass is 392 g/mol. The lowest BCUT2D eigenvalue weighted by Gasteiger charge is -2.10. The number of fused-ring (bicyclic) bond motifs is 1. The summed E-state index contributed by atoms with van der Waals surface area (Å²) in [5.41, 5.74) is 2.23. The molecule has 0 saturated heterocycles. The van der Waals surface area contributed by atoms with Crippen LogP contribution in [-0.4, -0.2) is 8.42 Å². The van der Waals surface area contributed by atoms with E-state index in [0.29, 0.717) is 0 Å². The van der Waals surface area contributed by atoms with Gasteiger partial charge in [-0.15, -0.1) is 12.4 Å². The average molecular weight is 393 g/mol. The van der Waals surface area contributed by atoms with Crippen LogP contribution < -0.4 is 10.0 Å². The molecule has 25 heavy (non-hydrogen) atoms. The number of alkyl halides is 3. The molecule has 0 aliphatic carbocycles. The van der Waals surface area contributed by atoms with Gasteiger partial charge >= 0.3 is 6.18 Å². The molecule has 0 saturated carbocycles. The van der Waals surface area contributed by atoms with Gasteiger partial charge < -0.3 is 5.32 Å². The first-order valence-corrected chi connectivity index (χ1v) is 8.72. The van der Waals surface area contributed by atoms with Crippen molar-refractivity contribution in [2.45, 2.75) is 30.7 Å². The predicted octanol–water partition coefficient (Wildman–Crippen LogP) is 3.21. The van der Waals surface area contributed by atoms with Crippen LogP contribution in [0.25, 0.3) is 0 Å². The van der Waals surface area contributed by atoms with Crippen molar-refractivity contribution in [3.8, 4) is 0 Å². The Balaban J connectivity index is 0.00000225. The first kappa shape index (κ1) is 19.7. The molecule has 4 nitrogen and oxygen atoms in total. The van der Waals surface area contributed by atoms with Crippen LogP contribution in [0.2, 0.25) is 0 Å². The summed E-state index contributed by atoms with van der Waals surface area (Å²) in [4.78, 5) is -0.196. The van der Waals surface area contributed by atoms with Crippen LogP contribution in [0.15, 0.2) is 47.4 Å². The SMILES string of the molecule is Cl.O=S(=O)(NCc1ccc2c(c1)CNC2)c1ccc(C(F)(F)F)cc1. The summed E-state index contributed by atoms with van der Waals surface area (Å²) in [6, 6.07) is 9.13. The highest BCUT2D eigenvalue weighted by atomic mass is 35.5. The zero-order valence-electron chi connectivity index (χ0n) is 12.9. The maximum atomic E-state index is 12.5. The topological polar surface area (TPSA) is 58.2 Å². The van der Waals surface area contributed by atoms with E-state index >= 15 is 0 Å². The number of rotatable bonds is 4. The van der Waals surface area contributed by atoms with Crippen LogP contribution in [0.3, 0.4) is 0 Å². The Morgan fingerprint density at radius 2 is 1.64 bits per heavy atom. The largest absolute Gasteiger partial charge is 0.416 e. The van der Waals surface area contributed by atoms with Gasteiger partial charge in [0.25, 0.3) is 0 Å². The van der Waals surface area contributed by atoms with Crippen molar-refractivity contribution in [3.63, 3.8) is 0 Å². The highest BCUT2D eigenvalue weighted by Gasteiger charge is 2.30. The van der Waals surface area contributed by atoms with Crippen LogP contribution >= 0.6 is 12.4 Å². The van der Waals surface area contributed by atoms with E-state index in [1.807, 2.05) is 18.2 Å². The Morgan fingerprint density at radius 3 is 2.28 bits per heavy atom. The van der Waals surface area contributed by atoms with Gasteiger partial charge in [-0.05, 0) is 41.0 Å². The Kier molecular flexibility index (Phi) is 5.78. The van der Waals surface area contributed by atoms with Crippen molar-refractivity contribution in [3.05, 3.63) is 64.7 Å². The number of sulfonamides is 1. The molecule has 3 rings (SSSR count). The molecule has 2 aromatic rings. The summed E-state index contributed by atoms with van der Waals surface area (Å²) in [6.45, 7) is 1.62. The highest BCUT2D eigenvalue weighted by molar-refractivity contribution is 7.89. The standard InChI is InChI=1S/C16H15F3N2O2S.ClH/c17-16(18,19)14-3-5-15(6-4-14)24(22,23)21-8-11-1-2-12-9-20-10-13(12)7-11;/h1-7,20-21H,8-10H2;1H. The predicted molar refractivity (Wildman–Crippen MR) is 89.7 cm³/mol. The molecule has 136 valence electrons. The summed E-state index contributed by atoms with van der Waals surface area (Å²) in [7, 11) is -3.87. The number of hydrogen-bond donors (Lipinski definition) is 2. The van der Waals surface area contributed by atoms with Gasteiger partial charge in [0.05, 0.1) is 10.5 Å². The second-order valence-corrected chi connectivity index (χ2v) is 7.32. The molecule has 1 aliphatic rings. The number of hydrogen-bond acceptors (Lipinski definition) is 3. The molecule has 0 unspecified atom stereocenters. The second-order valence-electron chi connectivity index (χ2n) is 5.55. The van der Waals surface area contributed by atoms with E-state index in [-0.39, 0.29) is 23.8 Å². The maximum absolute atomic E-state index is 12.5. The fourth-order valence-electron chi connectivity index (χ4n) is 2.54. The van der Waals surface area contributed by atoms with Crippen molar-refractivity contribution < 1.29 is 21.6 Å². The van der Waals surface area contributed by atoms with Crippen molar-refractivity contribution in [2.75, 3.05) is 0 Å². The van der Waals surface area contributed by atoms with Gasteiger partial charge in [-0.1, -0.05) is 18.2 Å². The number of benzene rings is 2. The van der Waals surface area contributed by atoms with Crippen molar-refractivity contribution in [1.29, 1.82) is 0 Å². The summed E-state index contributed by atoms with van der Waals surface area (Å²) >= 11 is 0. The molecule has 0 spiro atoms. The van der Waals surface area contributed by atoms with Gasteiger partial charge in [0.15, 0.2) is 0 Å². The third-order valence-corrected chi connectivity index (χ3v) is 5.28. The fraction of sp³-hybridized carbons (Fsp3) is 0.250.